The normalized spacial score (nSPS) is 12.9. The van der Waals surface area contributed by atoms with E-state index in [1.807, 2.05) is 48.5 Å². The molecule has 0 spiro atoms. The molecule has 0 saturated carbocycles. The number of aliphatic carboxylic acids is 1. The Morgan fingerprint density at radius 2 is 1.55 bits per heavy atom. The number of carboxylic acid groups (broad SMARTS) is 1. The summed E-state index contributed by atoms with van der Waals surface area (Å²) in [5.41, 5.74) is 1.49. The Balaban J connectivity index is 1.88. The summed E-state index contributed by atoms with van der Waals surface area (Å²) in [6.07, 6.45) is 0.351. The minimum atomic E-state index is -1.11. The average molecular weight is 389 g/mol. The highest BCUT2D eigenvalue weighted by Gasteiger charge is 2.26. The third-order valence-electron chi connectivity index (χ3n) is 4.97. The molecule has 0 heterocycles. The van der Waals surface area contributed by atoms with E-state index in [0.717, 1.165) is 16.3 Å². The Morgan fingerprint density at radius 3 is 2.28 bits per heavy atom. The highest BCUT2D eigenvalue weighted by molar-refractivity contribution is 5.99. The molecular weight excluding hydrogens is 366 g/mol. The first-order valence-electron chi connectivity index (χ1n) is 9.54. The van der Waals surface area contributed by atoms with E-state index in [4.69, 9.17) is 5.11 Å². The maximum atomic E-state index is 12.8. The maximum absolute atomic E-state index is 12.8. The summed E-state index contributed by atoms with van der Waals surface area (Å²) in [4.78, 5) is 36.7. The Hall–Kier alpha value is -3.47. The summed E-state index contributed by atoms with van der Waals surface area (Å²) in [7, 11) is 0. The summed E-state index contributed by atoms with van der Waals surface area (Å²) in [5.74, 6) is -2.36. The van der Waals surface area contributed by atoms with E-state index in [9.17, 15) is 14.4 Å². The van der Waals surface area contributed by atoms with Crippen molar-refractivity contribution in [1.82, 2.24) is 5.32 Å². The van der Waals surface area contributed by atoms with Crippen LogP contribution in [0, 0.1) is 5.92 Å². The van der Waals surface area contributed by atoms with Gasteiger partial charge in [0.2, 0.25) is 5.91 Å². The first-order chi connectivity index (χ1) is 14.0. The summed E-state index contributed by atoms with van der Waals surface area (Å²) in [6.45, 7) is 1.41. The lowest BCUT2D eigenvalue weighted by Gasteiger charge is -2.19. The number of rotatable bonds is 8. The highest BCUT2D eigenvalue weighted by atomic mass is 16.4. The fourth-order valence-electron chi connectivity index (χ4n) is 3.35. The molecule has 5 nitrogen and oxygen atoms in total. The Kier molecular flexibility index (Phi) is 6.39. The number of Topliss-reactive ketones (excluding diaryl/α,β-unsaturated/α-hetero) is 1. The summed E-state index contributed by atoms with van der Waals surface area (Å²) >= 11 is 0. The van der Waals surface area contributed by atoms with Gasteiger partial charge in [0.05, 0.1) is 0 Å². The van der Waals surface area contributed by atoms with Crippen LogP contribution in [0.5, 0.6) is 0 Å². The van der Waals surface area contributed by atoms with Crippen LogP contribution in [0.25, 0.3) is 10.8 Å². The molecule has 3 rings (SSSR count). The van der Waals surface area contributed by atoms with E-state index in [0.29, 0.717) is 12.0 Å². The van der Waals surface area contributed by atoms with Crippen LogP contribution in [0.3, 0.4) is 0 Å². The molecule has 0 aliphatic rings. The van der Waals surface area contributed by atoms with Crippen molar-refractivity contribution in [1.29, 1.82) is 0 Å². The minimum Gasteiger partial charge on any atom is -0.480 e. The average Bonchev–Trinajstić information content (AvgIpc) is 2.73. The third-order valence-corrected chi connectivity index (χ3v) is 4.97. The van der Waals surface area contributed by atoms with Crippen molar-refractivity contribution in [2.24, 2.45) is 5.92 Å². The zero-order valence-electron chi connectivity index (χ0n) is 16.2. The van der Waals surface area contributed by atoms with Crippen LogP contribution in [-0.4, -0.2) is 28.8 Å². The van der Waals surface area contributed by atoms with Gasteiger partial charge in [0.1, 0.15) is 6.04 Å². The second-order valence-electron chi connectivity index (χ2n) is 7.10. The molecule has 3 aromatic carbocycles. The van der Waals surface area contributed by atoms with Crippen LogP contribution >= 0.6 is 0 Å². The summed E-state index contributed by atoms with van der Waals surface area (Å²) < 4.78 is 0. The molecule has 0 radical (unpaired) electrons. The molecule has 1 amide bonds. The number of carbonyl (C=O) groups is 3. The molecule has 0 unspecified atom stereocenters. The van der Waals surface area contributed by atoms with Crippen molar-refractivity contribution >= 4 is 28.4 Å². The van der Waals surface area contributed by atoms with Crippen LogP contribution in [0.15, 0.2) is 72.8 Å². The number of amides is 1. The number of ketones is 1. The molecule has 5 heteroatoms. The standard InChI is InChI=1S/C24H23NO4/c1-16(24(28)29)25-23(27)20(15-22(26)18-9-3-2-4-10-18)14-19-12-7-11-17-8-5-6-13-21(17)19/h2-13,16,20H,14-15H2,1H3,(H,25,27)(H,28,29)/t16-,20+/m0/s1. The topological polar surface area (TPSA) is 83.5 Å². The molecule has 148 valence electrons. The molecule has 0 bridgehead atoms. The van der Waals surface area contributed by atoms with Gasteiger partial charge in [-0.1, -0.05) is 72.8 Å². The van der Waals surface area contributed by atoms with Crippen LogP contribution in [0.4, 0.5) is 0 Å². The second kappa shape index (κ2) is 9.15. The van der Waals surface area contributed by atoms with Crippen molar-refractivity contribution in [2.75, 3.05) is 0 Å². The minimum absolute atomic E-state index is 0.00536. The molecule has 2 atom stereocenters. The molecule has 0 aliphatic carbocycles. The number of benzene rings is 3. The van der Waals surface area contributed by atoms with E-state index < -0.39 is 23.8 Å². The fraction of sp³-hybridized carbons (Fsp3) is 0.208. The van der Waals surface area contributed by atoms with Crippen molar-refractivity contribution in [3.63, 3.8) is 0 Å². The lowest BCUT2D eigenvalue weighted by Crippen LogP contribution is -2.42. The fourth-order valence-corrected chi connectivity index (χ4v) is 3.35. The molecule has 29 heavy (non-hydrogen) atoms. The van der Waals surface area contributed by atoms with Crippen LogP contribution in [0.2, 0.25) is 0 Å². The second-order valence-corrected chi connectivity index (χ2v) is 7.10. The number of hydrogen-bond donors (Lipinski definition) is 2. The molecular formula is C24H23NO4. The number of carboxylic acids is 1. The van der Waals surface area contributed by atoms with E-state index >= 15 is 0 Å². The van der Waals surface area contributed by atoms with Gasteiger partial charge < -0.3 is 10.4 Å². The monoisotopic (exact) mass is 389 g/mol. The molecule has 0 fully saturated rings. The van der Waals surface area contributed by atoms with Crippen molar-refractivity contribution < 1.29 is 19.5 Å². The number of nitrogens with one attached hydrogen (secondary N) is 1. The van der Waals surface area contributed by atoms with Gasteiger partial charge in [-0.3, -0.25) is 14.4 Å². The SMILES string of the molecule is C[C@H](NC(=O)[C@@H](CC(=O)c1ccccc1)Cc1cccc2ccccc12)C(=O)O. The quantitative estimate of drug-likeness (QED) is 0.573. The zero-order valence-corrected chi connectivity index (χ0v) is 16.2. The first-order valence-corrected chi connectivity index (χ1v) is 9.54. The van der Waals surface area contributed by atoms with Crippen molar-refractivity contribution in [2.45, 2.75) is 25.8 Å². The maximum Gasteiger partial charge on any atom is 0.325 e. The van der Waals surface area contributed by atoms with Gasteiger partial charge in [-0.2, -0.15) is 0 Å². The number of carbonyl (C=O) groups excluding carboxylic acids is 2. The molecule has 0 saturated heterocycles. The van der Waals surface area contributed by atoms with Crippen LogP contribution in [0.1, 0.15) is 29.3 Å². The Bertz CT molecular complexity index is 1020. The van der Waals surface area contributed by atoms with Gasteiger partial charge in [-0.25, -0.2) is 0 Å². The van der Waals surface area contributed by atoms with Crippen molar-refractivity contribution in [3.05, 3.63) is 83.9 Å². The highest BCUT2D eigenvalue weighted by Crippen LogP contribution is 2.24. The number of hydrogen-bond acceptors (Lipinski definition) is 3. The van der Waals surface area contributed by atoms with Gasteiger partial charge in [-0.05, 0) is 29.7 Å². The third kappa shape index (κ3) is 5.08. The lowest BCUT2D eigenvalue weighted by atomic mass is 9.89. The first kappa shape index (κ1) is 20.3. The largest absolute Gasteiger partial charge is 0.480 e. The summed E-state index contributed by atoms with van der Waals surface area (Å²) in [5, 5.41) is 13.7. The lowest BCUT2D eigenvalue weighted by molar-refractivity contribution is -0.141. The van der Waals surface area contributed by atoms with Gasteiger partial charge in [0.15, 0.2) is 5.78 Å². The Morgan fingerprint density at radius 1 is 0.897 bits per heavy atom. The van der Waals surface area contributed by atoms with Gasteiger partial charge >= 0.3 is 5.97 Å². The number of fused-ring (bicyclic) bond motifs is 1. The molecule has 0 aromatic heterocycles. The predicted octanol–water partition coefficient (Wildman–Crippen LogP) is 3.86. The van der Waals surface area contributed by atoms with Crippen LogP contribution < -0.4 is 5.32 Å². The van der Waals surface area contributed by atoms with E-state index in [-0.39, 0.29) is 12.2 Å². The molecule has 3 aromatic rings. The smallest absolute Gasteiger partial charge is 0.325 e. The van der Waals surface area contributed by atoms with Gasteiger partial charge in [0, 0.05) is 17.9 Å². The van der Waals surface area contributed by atoms with Crippen molar-refractivity contribution in [3.8, 4) is 0 Å². The van der Waals surface area contributed by atoms with E-state index in [1.54, 1.807) is 24.3 Å². The zero-order chi connectivity index (χ0) is 20.8. The Labute approximate surface area is 169 Å². The molecule has 2 N–H and O–H groups in total. The predicted molar refractivity (Wildman–Crippen MR) is 112 cm³/mol. The molecule has 0 aliphatic heterocycles. The van der Waals surface area contributed by atoms with Gasteiger partial charge in [-0.15, -0.1) is 0 Å². The van der Waals surface area contributed by atoms with E-state index in [1.165, 1.54) is 6.92 Å². The van der Waals surface area contributed by atoms with Gasteiger partial charge in [0.25, 0.3) is 0 Å². The van der Waals surface area contributed by atoms with E-state index in [2.05, 4.69) is 5.32 Å². The van der Waals surface area contributed by atoms with Crippen LogP contribution in [-0.2, 0) is 16.0 Å². The summed E-state index contributed by atoms with van der Waals surface area (Å²) in [6, 6.07) is 21.5.